The second-order valence-corrected chi connectivity index (χ2v) is 6.76. The van der Waals surface area contributed by atoms with Crippen LogP contribution in [0.1, 0.15) is 49.5 Å². The number of rotatable bonds is 4. The van der Waals surface area contributed by atoms with Crippen LogP contribution in [0.4, 0.5) is 0 Å². The molecule has 0 atom stereocenters. The van der Waals surface area contributed by atoms with Crippen molar-refractivity contribution in [3.8, 4) is 0 Å². The third-order valence-corrected chi connectivity index (χ3v) is 4.94. The summed E-state index contributed by atoms with van der Waals surface area (Å²) in [6, 6.07) is 1.70. The summed E-state index contributed by atoms with van der Waals surface area (Å²) in [5.41, 5.74) is -0.667. The molecule has 6 heteroatoms. The number of aryl methyl sites for hydroxylation is 1. The minimum atomic E-state index is -1.13. The van der Waals surface area contributed by atoms with E-state index in [4.69, 9.17) is 0 Å². The Labute approximate surface area is 132 Å². The van der Waals surface area contributed by atoms with Gasteiger partial charge in [0.2, 0.25) is 0 Å². The fraction of sp³-hybridized carbons (Fsp3) is 0.600. The summed E-state index contributed by atoms with van der Waals surface area (Å²) in [6.07, 6.45) is 5.53. The highest BCUT2D eigenvalue weighted by Crippen LogP contribution is 2.34. The van der Waals surface area contributed by atoms with Crippen LogP contribution in [0.25, 0.3) is 0 Å². The van der Waals surface area contributed by atoms with Gasteiger partial charge < -0.3 is 15.0 Å². The van der Waals surface area contributed by atoms with Crippen molar-refractivity contribution in [3.05, 3.63) is 22.4 Å². The maximum absolute atomic E-state index is 12.4. The molecule has 0 radical (unpaired) electrons. The second kappa shape index (κ2) is 6.22. The summed E-state index contributed by atoms with van der Waals surface area (Å²) < 4.78 is 2.49. The highest BCUT2D eigenvalue weighted by Gasteiger charge is 2.43. The topological polar surface area (TPSA) is 71.3 Å². The van der Waals surface area contributed by atoms with E-state index in [2.05, 4.69) is 28.2 Å². The summed E-state index contributed by atoms with van der Waals surface area (Å²) in [4.78, 5) is 24.1. The van der Waals surface area contributed by atoms with Crippen LogP contribution in [0.5, 0.6) is 0 Å². The number of carboxylic acid groups (broad SMARTS) is 1. The van der Waals surface area contributed by atoms with Crippen LogP contribution in [-0.2, 0) is 11.8 Å². The van der Waals surface area contributed by atoms with Crippen LogP contribution < -0.4 is 5.32 Å². The number of nitrogens with zero attached hydrogens (tertiary/aromatic N) is 1. The first-order valence-corrected chi connectivity index (χ1v) is 8.05. The van der Waals surface area contributed by atoms with Gasteiger partial charge in [0, 0.05) is 17.7 Å². The Morgan fingerprint density at radius 2 is 2.10 bits per heavy atom. The maximum atomic E-state index is 12.4. The monoisotopic (exact) mass is 356 g/mol. The van der Waals surface area contributed by atoms with Crippen molar-refractivity contribution in [2.75, 3.05) is 0 Å². The van der Waals surface area contributed by atoms with Crippen LogP contribution in [0.15, 0.2) is 16.7 Å². The van der Waals surface area contributed by atoms with Gasteiger partial charge in [-0.1, -0.05) is 13.3 Å². The van der Waals surface area contributed by atoms with E-state index < -0.39 is 11.5 Å². The van der Waals surface area contributed by atoms with Crippen molar-refractivity contribution >= 4 is 27.8 Å². The summed E-state index contributed by atoms with van der Waals surface area (Å²) in [7, 11) is 1.76. The Hall–Kier alpha value is -1.30. The minimum Gasteiger partial charge on any atom is -0.480 e. The molecule has 0 unspecified atom stereocenters. The lowest BCUT2D eigenvalue weighted by Crippen LogP contribution is -2.56. The lowest BCUT2D eigenvalue weighted by atomic mass is 9.75. The average molecular weight is 357 g/mol. The number of aromatic nitrogens is 1. The lowest BCUT2D eigenvalue weighted by molar-refractivity contribution is -0.146. The van der Waals surface area contributed by atoms with Gasteiger partial charge in [0.15, 0.2) is 0 Å². The van der Waals surface area contributed by atoms with Crippen molar-refractivity contribution in [2.45, 2.75) is 44.6 Å². The third kappa shape index (κ3) is 3.31. The van der Waals surface area contributed by atoms with E-state index in [1.807, 2.05) is 0 Å². The summed E-state index contributed by atoms with van der Waals surface area (Å²) >= 11 is 3.32. The van der Waals surface area contributed by atoms with Crippen LogP contribution in [0.2, 0.25) is 0 Å². The maximum Gasteiger partial charge on any atom is 0.329 e. The average Bonchev–Trinajstić information content (AvgIpc) is 2.78. The standard InChI is InChI=1S/C15H21BrN2O3/c1-3-10-4-6-15(7-5-10,14(20)21)17-13(19)12-8-11(16)9-18(12)2/h8-10H,3-7H2,1-2H3,(H,17,19)(H,20,21). The Kier molecular flexibility index (Phi) is 4.76. The number of carbonyl (C=O) groups excluding carboxylic acids is 1. The van der Waals surface area contributed by atoms with E-state index in [1.54, 1.807) is 23.9 Å². The van der Waals surface area contributed by atoms with Crippen molar-refractivity contribution in [1.82, 2.24) is 9.88 Å². The van der Waals surface area contributed by atoms with Crippen molar-refractivity contribution in [1.29, 1.82) is 0 Å². The molecule has 1 aliphatic rings. The predicted octanol–water partition coefficient (Wildman–Crippen LogP) is 2.94. The molecule has 1 amide bonds. The third-order valence-electron chi connectivity index (χ3n) is 4.50. The number of amides is 1. The largest absolute Gasteiger partial charge is 0.480 e. The molecule has 0 bridgehead atoms. The van der Waals surface area contributed by atoms with E-state index in [-0.39, 0.29) is 5.91 Å². The van der Waals surface area contributed by atoms with Gasteiger partial charge in [0.05, 0.1) is 0 Å². The van der Waals surface area contributed by atoms with E-state index in [0.29, 0.717) is 24.5 Å². The Morgan fingerprint density at radius 1 is 1.48 bits per heavy atom. The molecule has 2 N–H and O–H groups in total. The van der Waals surface area contributed by atoms with Gasteiger partial charge in [-0.2, -0.15) is 0 Å². The summed E-state index contributed by atoms with van der Waals surface area (Å²) in [6.45, 7) is 2.12. The van der Waals surface area contributed by atoms with Crippen molar-refractivity contribution in [3.63, 3.8) is 0 Å². The van der Waals surface area contributed by atoms with Gasteiger partial charge in [-0.15, -0.1) is 0 Å². The van der Waals surface area contributed by atoms with Gasteiger partial charge in [-0.05, 0) is 53.6 Å². The number of halogens is 1. The highest BCUT2D eigenvalue weighted by atomic mass is 79.9. The van der Waals surface area contributed by atoms with E-state index in [9.17, 15) is 14.7 Å². The molecule has 1 heterocycles. The zero-order valence-corrected chi connectivity index (χ0v) is 13.9. The van der Waals surface area contributed by atoms with Crippen LogP contribution >= 0.6 is 15.9 Å². The van der Waals surface area contributed by atoms with Gasteiger partial charge >= 0.3 is 5.97 Å². The predicted molar refractivity (Wildman–Crippen MR) is 83.2 cm³/mol. The van der Waals surface area contributed by atoms with Gasteiger partial charge in [-0.3, -0.25) is 4.79 Å². The molecule has 116 valence electrons. The molecule has 0 aromatic carbocycles. The van der Waals surface area contributed by atoms with Crippen LogP contribution in [0.3, 0.4) is 0 Å². The molecular weight excluding hydrogens is 336 g/mol. The molecule has 2 rings (SSSR count). The van der Waals surface area contributed by atoms with Gasteiger partial charge in [-0.25, -0.2) is 4.79 Å². The first-order chi connectivity index (χ1) is 9.88. The molecule has 0 aliphatic heterocycles. The molecule has 5 nitrogen and oxygen atoms in total. The first-order valence-electron chi connectivity index (χ1n) is 7.25. The molecule has 1 aromatic rings. The number of nitrogens with one attached hydrogen (secondary N) is 1. The number of aliphatic carboxylic acids is 1. The molecule has 21 heavy (non-hydrogen) atoms. The van der Waals surface area contributed by atoms with Crippen LogP contribution in [-0.4, -0.2) is 27.1 Å². The quantitative estimate of drug-likeness (QED) is 0.870. The minimum absolute atomic E-state index is 0.333. The van der Waals surface area contributed by atoms with E-state index in [0.717, 1.165) is 23.7 Å². The Bertz CT molecular complexity index is 545. The molecule has 0 spiro atoms. The number of hydrogen-bond donors (Lipinski definition) is 2. The number of hydrogen-bond acceptors (Lipinski definition) is 2. The van der Waals surface area contributed by atoms with Gasteiger partial charge in [0.1, 0.15) is 11.2 Å². The molecular formula is C15H21BrN2O3. The van der Waals surface area contributed by atoms with Gasteiger partial charge in [0.25, 0.3) is 5.91 Å². The second-order valence-electron chi connectivity index (χ2n) is 5.85. The highest BCUT2D eigenvalue weighted by molar-refractivity contribution is 9.10. The fourth-order valence-electron chi connectivity index (χ4n) is 3.00. The zero-order valence-electron chi connectivity index (χ0n) is 12.4. The van der Waals surface area contributed by atoms with E-state index in [1.165, 1.54) is 0 Å². The van der Waals surface area contributed by atoms with Crippen molar-refractivity contribution < 1.29 is 14.7 Å². The fourth-order valence-corrected chi connectivity index (χ4v) is 3.53. The SMILES string of the molecule is CCC1CCC(NC(=O)c2cc(Br)cn2C)(C(=O)O)CC1. The van der Waals surface area contributed by atoms with Crippen LogP contribution in [0, 0.1) is 5.92 Å². The zero-order chi connectivity index (χ0) is 15.6. The molecule has 1 aromatic heterocycles. The molecule has 1 fully saturated rings. The molecule has 0 saturated heterocycles. The summed E-state index contributed by atoms with van der Waals surface area (Å²) in [5, 5.41) is 12.4. The number of carbonyl (C=O) groups is 2. The smallest absolute Gasteiger partial charge is 0.329 e. The van der Waals surface area contributed by atoms with E-state index >= 15 is 0 Å². The Morgan fingerprint density at radius 3 is 2.52 bits per heavy atom. The first kappa shape index (κ1) is 16.1. The summed E-state index contributed by atoms with van der Waals surface area (Å²) in [5.74, 6) is -0.696. The Balaban J connectivity index is 2.16. The number of carboxylic acids is 1. The molecule has 1 aliphatic carbocycles. The normalized spacial score (nSPS) is 25.6. The lowest BCUT2D eigenvalue weighted by Gasteiger charge is -2.37. The molecule has 1 saturated carbocycles. The van der Waals surface area contributed by atoms with Crippen molar-refractivity contribution in [2.24, 2.45) is 13.0 Å².